The first-order chi connectivity index (χ1) is 17.6. The highest BCUT2D eigenvalue weighted by Gasteiger charge is 2.31. The van der Waals surface area contributed by atoms with E-state index in [1.807, 2.05) is 6.07 Å². The average Bonchev–Trinajstić information content (AvgIpc) is 3.70. The monoisotopic (exact) mass is 512 g/mol. The number of alkyl halides is 3. The van der Waals surface area contributed by atoms with E-state index in [1.54, 1.807) is 42.5 Å². The topological polar surface area (TPSA) is 129 Å². The molecule has 0 heterocycles. The summed E-state index contributed by atoms with van der Waals surface area (Å²) >= 11 is 0. The van der Waals surface area contributed by atoms with Crippen molar-refractivity contribution in [3.05, 3.63) is 95.4 Å². The Morgan fingerprint density at radius 2 is 1.81 bits per heavy atom. The number of rotatable bonds is 12. The van der Waals surface area contributed by atoms with Gasteiger partial charge in [0.15, 0.2) is 0 Å². The Hall–Kier alpha value is -3.89. The molecule has 7 nitrogen and oxygen atoms in total. The SMILES string of the molecule is C=C(/C=C(\Nc1cccc(CN)c1)C(=O)Nc1cccc(C(NCC2CC2)/C(C=N)=C/N)c1)C(F)(F)F. The number of amides is 1. The zero-order valence-corrected chi connectivity index (χ0v) is 20.2. The Balaban J connectivity index is 1.87. The normalized spacial score (nSPS) is 15.1. The summed E-state index contributed by atoms with van der Waals surface area (Å²) in [5.74, 6) is -0.210. The molecular weight excluding hydrogens is 481 g/mol. The summed E-state index contributed by atoms with van der Waals surface area (Å²) in [6.07, 6.45) is 0.761. The van der Waals surface area contributed by atoms with Crippen LogP contribution in [0.15, 0.2) is 84.2 Å². The number of halogens is 3. The van der Waals surface area contributed by atoms with E-state index in [1.165, 1.54) is 12.4 Å². The second kappa shape index (κ2) is 12.4. The summed E-state index contributed by atoms with van der Waals surface area (Å²) in [5, 5.41) is 16.5. The molecule has 1 fully saturated rings. The minimum Gasteiger partial charge on any atom is -0.404 e. The van der Waals surface area contributed by atoms with Gasteiger partial charge in [-0.25, -0.2) is 0 Å². The van der Waals surface area contributed by atoms with Crippen LogP contribution < -0.4 is 27.4 Å². The molecule has 3 rings (SSSR count). The van der Waals surface area contributed by atoms with Gasteiger partial charge in [0.1, 0.15) is 5.70 Å². The molecule has 10 heteroatoms. The van der Waals surface area contributed by atoms with E-state index in [0.717, 1.165) is 30.5 Å². The fourth-order valence-corrected chi connectivity index (χ4v) is 3.60. The standard InChI is InChI=1S/C27H31F3N6O/c1-17(27(28,29)30)10-24(35-22-6-2-4-19(11-22)13-31)26(37)36-23-7-3-5-20(12-23)25(21(14-32)15-33)34-16-18-8-9-18/h2-7,10-12,14-15,18,25,32,34-35H,1,8-9,13,16,31,33H2,(H,36,37)/b21-15+,24-10-,32-14?. The van der Waals surface area contributed by atoms with Crippen LogP contribution in [0.3, 0.4) is 0 Å². The van der Waals surface area contributed by atoms with Gasteiger partial charge >= 0.3 is 6.18 Å². The number of nitrogens with one attached hydrogen (secondary N) is 4. The first-order valence-electron chi connectivity index (χ1n) is 11.8. The predicted octanol–water partition coefficient (Wildman–Crippen LogP) is 4.73. The van der Waals surface area contributed by atoms with Crippen LogP contribution in [0.4, 0.5) is 24.5 Å². The molecule has 8 N–H and O–H groups in total. The molecule has 1 atom stereocenters. The molecule has 37 heavy (non-hydrogen) atoms. The van der Waals surface area contributed by atoms with Crippen LogP contribution in [0.2, 0.25) is 0 Å². The van der Waals surface area contributed by atoms with Crippen molar-refractivity contribution in [2.75, 3.05) is 17.2 Å². The highest BCUT2D eigenvalue weighted by atomic mass is 19.4. The Labute approximate surface area is 214 Å². The van der Waals surface area contributed by atoms with Crippen molar-refractivity contribution >= 4 is 23.5 Å². The van der Waals surface area contributed by atoms with Gasteiger partial charge in [0.25, 0.3) is 5.91 Å². The molecule has 0 saturated heterocycles. The van der Waals surface area contributed by atoms with E-state index < -0.39 is 17.7 Å². The molecule has 0 aliphatic heterocycles. The number of hydrogen-bond acceptors (Lipinski definition) is 6. The molecule has 1 saturated carbocycles. The molecule has 1 aliphatic carbocycles. The van der Waals surface area contributed by atoms with E-state index in [2.05, 4.69) is 22.5 Å². The lowest BCUT2D eigenvalue weighted by Crippen LogP contribution is -2.26. The van der Waals surface area contributed by atoms with Crippen LogP contribution in [0, 0.1) is 11.3 Å². The van der Waals surface area contributed by atoms with Crippen LogP contribution in [0.5, 0.6) is 0 Å². The predicted molar refractivity (Wildman–Crippen MR) is 141 cm³/mol. The molecular formula is C27H31F3N6O. The third-order valence-corrected chi connectivity index (χ3v) is 5.85. The molecule has 0 aromatic heterocycles. The number of hydrogen-bond donors (Lipinski definition) is 6. The van der Waals surface area contributed by atoms with Crippen LogP contribution in [0.1, 0.15) is 30.0 Å². The van der Waals surface area contributed by atoms with Crippen LogP contribution in [-0.4, -0.2) is 24.8 Å². The maximum atomic E-state index is 13.2. The van der Waals surface area contributed by atoms with Crippen molar-refractivity contribution in [3.8, 4) is 0 Å². The first kappa shape index (κ1) is 27.7. The van der Waals surface area contributed by atoms with E-state index in [4.69, 9.17) is 16.9 Å². The molecule has 0 radical (unpaired) electrons. The molecule has 1 amide bonds. The van der Waals surface area contributed by atoms with Gasteiger partial charge in [0.2, 0.25) is 0 Å². The number of nitrogens with two attached hydrogens (primary N) is 2. The highest BCUT2D eigenvalue weighted by molar-refractivity contribution is 6.06. The van der Waals surface area contributed by atoms with Gasteiger partial charge in [0, 0.05) is 35.9 Å². The molecule has 2 aromatic rings. The van der Waals surface area contributed by atoms with E-state index in [0.29, 0.717) is 28.9 Å². The summed E-state index contributed by atoms with van der Waals surface area (Å²) < 4.78 is 39.6. The first-order valence-corrected chi connectivity index (χ1v) is 11.8. The molecule has 1 aliphatic rings. The van der Waals surface area contributed by atoms with Crippen molar-refractivity contribution < 1.29 is 18.0 Å². The van der Waals surface area contributed by atoms with Gasteiger partial charge in [-0.05, 0) is 66.8 Å². The zero-order chi connectivity index (χ0) is 27.0. The molecule has 1 unspecified atom stereocenters. The quantitative estimate of drug-likeness (QED) is 0.139. The molecule has 2 aromatic carbocycles. The van der Waals surface area contributed by atoms with Crippen molar-refractivity contribution in [2.45, 2.75) is 31.6 Å². The second-order valence-corrected chi connectivity index (χ2v) is 8.79. The van der Waals surface area contributed by atoms with Gasteiger partial charge < -0.3 is 32.8 Å². The minimum absolute atomic E-state index is 0.230. The summed E-state index contributed by atoms with van der Waals surface area (Å²) in [6, 6.07) is 13.2. The van der Waals surface area contributed by atoms with Crippen molar-refractivity contribution in [3.63, 3.8) is 0 Å². The Bertz CT molecular complexity index is 1200. The largest absolute Gasteiger partial charge is 0.415 e. The fourth-order valence-electron chi connectivity index (χ4n) is 3.60. The lowest BCUT2D eigenvalue weighted by Gasteiger charge is -2.21. The van der Waals surface area contributed by atoms with Gasteiger partial charge in [-0.15, -0.1) is 0 Å². The maximum Gasteiger partial charge on any atom is 0.415 e. The van der Waals surface area contributed by atoms with Crippen LogP contribution in [-0.2, 0) is 11.3 Å². The minimum atomic E-state index is -4.70. The fraction of sp³-hybridized carbons (Fsp3) is 0.259. The van der Waals surface area contributed by atoms with Crippen LogP contribution >= 0.6 is 0 Å². The zero-order valence-electron chi connectivity index (χ0n) is 20.2. The van der Waals surface area contributed by atoms with Gasteiger partial charge in [-0.3, -0.25) is 4.79 Å². The Morgan fingerprint density at radius 3 is 2.41 bits per heavy atom. The average molecular weight is 513 g/mol. The van der Waals surface area contributed by atoms with Gasteiger partial charge in [-0.2, -0.15) is 13.2 Å². The lowest BCUT2D eigenvalue weighted by molar-refractivity contribution is -0.112. The number of anilines is 2. The summed E-state index contributed by atoms with van der Waals surface area (Å²) in [7, 11) is 0. The maximum absolute atomic E-state index is 13.2. The van der Waals surface area contributed by atoms with Crippen molar-refractivity contribution in [1.82, 2.24) is 5.32 Å². The molecule has 196 valence electrons. The van der Waals surface area contributed by atoms with E-state index in [9.17, 15) is 18.0 Å². The number of carbonyl (C=O) groups excluding carboxylic acids is 1. The second-order valence-electron chi connectivity index (χ2n) is 8.79. The summed E-state index contributed by atoms with van der Waals surface area (Å²) in [5.41, 5.74) is 12.7. The third kappa shape index (κ3) is 8.06. The smallest absolute Gasteiger partial charge is 0.404 e. The molecule has 0 bridgehead atoms. The van der Waals surface area contributed by atoms with Crippen molar-refractivity contribution in [2.24, 2.45) is 17.4 Å². The van der Waals surface area contributed by atoms with E-state index >= 15 is 0 Å². The highest BCUT2D eigenvalue weighted by Crippen LogP contribution is 2.31. The van der Waals surface area contributed by atoms with Crippen molar-refractivity contribution in [1.29, 1.82) is 5.41 Å². The van der Waals surface area contributed by atoms with Gasteiger partial charge in [0.05, 0.1) is 11.6 Å². The number of carbonyl (C=O) groups is 1. The van der Waals surface area contributed by atoms with Crippen LogP contribution in [0.25, 0.3) is 0 Å². The lowest BCUT2D eigenvalue weighted by atomic mass is 9.99. The summed E-state index contributed by atoms with van der Waals surface area (Å²) in [4.78, 5) is 13.1. The van der Waals surface area contributed by atoms with Gasteiger partial charge in [-0.1, -0.05) is 30.8 Å². The number of allylic oxidation sites excluding steroid dienone is 2. The number of benzene rings is 2. The third-order valence-electron chi connectivity index (χ3n) is 5.85. The summed E-state index contributed by atoms with van der Waals surface area (Å²) in [6.45, 7) is 4.04. The molecule has 0 spiro atoms. The van der Waals surface area contributed by atoms with E-state index in [-0.39, 0.29) is 18.3 Å². The Kier molecular flexibility index (Phi) is 9.26. The Morgan fingerprint density at radius 1 is 1.14 bits per heavy atom.